The highest BCUT2D eigenvalue weighted by Crippen LogP contribution is 2.16. The summed E-state index contributed by atoms with van der Waals surface area (Å²) in [7, 11) is 0. The van der Waals surface area contributed by atoms with Crippen molar-refractivity contribution < 1.29 is 9.78 Å². The van der Waals surface area contributed by atoms with Crippen LogP contribution >= 0.6 is 0 Å². The first-order valence-corrected chi connectivity index (χ1v) is 3.96. The largest absolute Gasteiger partial charge is 0.232 e. The lowest BCUT2D eigenvalue weighted by atomic mass is 10.1. The molecule has 1 aliphatic heterocycles. The zero-order valence-electron chi connectivity index (χ0n) is 6.69. The highest BCUT2D eigenvalue weighted by Gasteiger charge is 2.05. The Hall–Kier alpha value is -1.12. The summed E-state index contributed by atoms with van der Waals surface area (Å²) in [5.74, 6) is 0. The van der Waals surface area contributed by atoms with Crippen LogP contribution < -0.4 is 0 Å². The van der Waals surface area contributed by atoms with E-state index < -0.39 is 0 Å². The maximum absolute atomic E-state index is 4.87. The average Bonchev–Trinajstić information content (AvgIpc) is 2.21. The summed E-state index contributed by atoms with van der Waals surface area (Å²) in [5.41, 5.74) is 2.41. The summed E-state index contributed by atoms with van der Waals surface area (Å²) in [6.07, 6.45) is 2.04. The van der Waals surface area contributed by atoms with Crippen LogP contribution in [0.4, 0.5) is 0 Å². The van der Waals surface area contributed by atoms with Gasteiger partial charge in [-0.2, -0.15) is 0 Å². The third-order valence-electron chi connectivity index (χ3n) is 1.84. The molecule has 0 saturated heterocycles. The summed E-state index contributed by atoms with van der Waals surface area (Å²) in [6, 6.07) is 10.2. The predicted octanol–water partition coefficient (Wildman–Crippen LogP) is 2.03. The normalized spacial score (nSPS) is 17.2. The van der Waals surface area contributed by atoms with Gasteiger partial charge in [0.25, 0.3) is 0 Å². The van der Waals surface area contributed by atoms with Gasteiger partial charge >= 0.3 is 0 Å². The maximum atomic E-state index is 4.87. The molecule has 0 unspecified atom stereocenters. The van der Waals surface area contributed by atoms with Crippen molar-refractivity contribution in [2.45, 2.75) is 0 Å². The fraction of sp³-hybridized carbons (Fsp3) is 0.200. The van der Waals surface area contributed by atoms with Crippen LogP contribution in [0.2, 0.25) is 0 Å². The number of hydrogen-bond donors (Lipinski definition) is 0. The summed E-state index contributed by atoms with van der Waals surface area (Å²) in [6.45, 7) is 1.09. The Bertz CT molecular complexity index is 277. The smallest absolute Gasteiger partial charge is 0.108 e. The van der Waals surface area contributed by atoms with Crippen LogP contribution in [0.1, 0.15) is 5.56 Å². The van der Waals surface area contributed by atoms with Gasteiger partial charge in [-0.25, -0.2) is 9.78 Å². The van der Waals surface area contributed by atoms with Gasteiger partial charge in [0.15, 0.2) is 0 Å². The van der Waals surface area contributed by atoms with E-state index in [-0.39, 0.29) is 0 Å². The molecular weight excluding hydrogens is 152 g/mol. The molecule has 12 heavy (non-hydrogen) atoms. The number of rotatable bonds is 1. The Balaban J connectivity index is 2.24. The highest BCUT2D eigenvalue weighted by molar-refractivity contribution is 5.66. The topological polar surface area (TPSA) is 18.5 Å². The lowest BCUT2D eigenvalue weighted by Gasteiger charge is -2.12. The fourth-order valence-electron chi connectivity index (χ4n) is 1.20. The van der Waals surface area contributed by atoms with Crippen LogP contribution in [0.15, 0.2) is 36.4 Å². The molecule has 1 aliphatic rings. The summed E-state index contributed by atoms with van der Waals surface area (Å²) < 4.78 is 0. The van der Waals surface area contributed by atoms with Crippen molar-refractivity contribution in [1.82, 2.24) is 0 Å². The van der Waals surface area contributed by atoms with Gasteiger partial charge in [0.05, 0.1) is 0 Å². The van der Waals surface area contributed by atoms with Gasteiger partial charge in [0.2, 0.25) is 0 Å². The van der Waals surface area contributed by atoms with Gasteiger partial charge in [-0.3, -0.25) is 0 Å². The number of benzene rings is 1. The van der Waals surface area contributed by atoms with Crippen molar-refractivity contribution in [3.8, 4) is 0 Å². The second kappa shape index (κ2) is 3.52. The third kappa shape index (κ3) is 1.55. The first kappa shape index (κ1) is 7.53. The minimum absolute atomic E-state index is 0.546. The van der Waals surface area contributed by atoms with E-state index in [1.165, 1.54) is 11.1 Å². The molecule has 0 aromatic heterocycles. The lowest BCUT2D eigenvalue weighted by Crippen LogP contribution is -2.06. The SMILES string of the molecule is C1=C(c2ccccc2)COOC1. The molecule has 62 valence electrons. The van der Waals surface area contributed by atoms with E-state index in [1.807, 2.05) is 24.3 Å². The van der Waals surface area contributed by atoms with Crippen molar-refractivity contribution in [2.75, 3.05) is 13.2 Å². The molecule has 1 aromatic carbocycles. The lowest BCUT2D eigenvalue weighted by molar-refractivity contribution is -0.280. The summed E-state index contributed by atoms with van der Waals surface area (Å²) in [4.78, 5) is 9.61. The van der Waals surface area contributed by atoms with Gasteiger partial charge in [-0.05, 0) is 17.2 Å². The molecule has 2 heteroatoms. The van der Waals surface area contributed by atoms with Crippen molar-refractivity contribution >= 4 is 5.57 Å². The fourth-order valence-corrected chi connectivity index (χ4v) is 1.20. The highest BCUT2D eigenvalue weighted by atomic mass is 17.2. The van der Waals surface area contributed by atoms with E-state index in [1.54, 1.807) is 0 Å². The molecule has 0 spiro atoms. The molecule has 0 amide bonds. The number of hydrogen-bond acceptors (Lipinski definition) is 2. The Morgan fingerprint density at radius 1 is 1.00 bits per heavy atom. The second-order valence-electron chi connectivity index (χ2n) is 2.64. The van der Waals surface area contributed by atoms with Crippen LogP contribution in [0.25, 0.3) is 5.57 Å². The van der Waals surface area contributed by atoms with Crippen LogP contribution in [0.5, 0.6) is 0 Å². The zero-order chi connectivity index (χ0) is 8.23. The summed E-state index contributed by atoms with van der Waals surface area (Å²) in [5, 5.41) is 0. The van der Waals surface area contributed by atoms with Crippen molar-refractivity contribution in [3.63, 3.8) is 0 Å². The first-order valence-electron chi connectivity index (χ1n) is 3.96. The Kier molecular flexibility index (Phi) is 2.21. The van der Waals surface area contributed by atoms with E-state index in [0.29, 0.717) is 13.2 Å². The summed E-state index contributed by atoms with van der Waals surface area (Å²) >= 11 is 0. The first-order chi connectivity index (χ1) is 5.97. The molecule has 0 aliphatic carbocycles. The molecule has 0 bridgehead atoms. The van der Waals surface area contributed by atoms with Gasteiger partial charge in [0.1, 0.15) is 13.2 Å². The molecule has 1 aromatic rings. The standard InChI is InChI=1S/C10H10O2/c1-2-4-9(5-3-1)10-6-7-11-12-8-10/h1-6H,7-8H2. The van der Waals surface area contributed by atoms with Crippen LogP contribution in [0, 0.1) is 0 Å². The Morgan fingerprint density at radius 2 is 1.83 bits per heavy atom. The minimum Gasteiger partial charge on any atom is -0.232 e. The monoisotopic (exact) mass is 162 g/mol. The third-order valence-corrected chi connectivity index (χ3v) is 1.84. The van der Waals surface area contributed by atoms with Gasteiger partial charge in [-0.1, -0.05) is 30.3 Å². The van der Waals surface area contributed by atoms with E-state index in [9.17, 15) is 0 Å². The van der Waals surface area contributed by atoms with Crippen LogP contribution in [-0.4, -0.2) is 13.2 Å². The molecule has 0 fully saturated rings. The predicted molar refractivity (Wildman–Crippen MR) is 46.3 cm³/mol. The van der Waals surface area contributed by atoms with Gasteiger partial charge in [-0.15, -0.1) is 0 Å². The van der Waals surface area contributed by atoms with E-state index in [4.69, 9.17) is 9.78 Å². The van der Waals surface area contributed by atoms with E-state index >= 15 is 0 Å². The van der Waals surface area contributed by atoms with Crippen molar-refractivity contribution in [2.24, 2.45) is 0 Å². The second-order valence-corrected chi connectivity index (χ2v) is 2.64. The van der Waals surface area contributed by atoms with Gasteiger partial charge in [0, 0.05) is 0 Å². The van der Waals surface area contributed by atoms with Crippen molar-refractivity contribution in [1.29, 1.82) is 0 Å². The van der Waals surface area contributed by atoms with E-state index in [2.05, 4.69) is 12.1 Å². The zero-order valence-corrected chi connectivity index (χ0v) is 6.69. The molecule has 1 heterocycles. The molecule has 2 nitrogen and oxygen atoms in total. The molecule has 0 radical (unpaired) electrons. The molecule has 0 N–H and O–H groups in total. The van der Waals surface area contributed by atoms with Crippen LogP contribution in [0.3, 0.4) is 0 Å². The molecule has 2 rings (SSSR count). The van der Waals surface area contributed by atoms with E-state index in [0.717, 1.165) is 0 Å². The molecule has 0 saturated carbocycles. The Labute approximate surface area is 71.4 Å². The Morgan fingerprint density at radius 3 is 2.50 bits per heavy atom. The van der Waals surface area contributed by atoms with Gasteiger partial charge < -0.3 is 0 Å². The van der Waals surface area contributed by atoms with Crippen molar-refractivity contribution in [3.05, 3.63) is 42.0 Å². The molecule has 0 atom stereocenters. The molecular formula is C10H10O2. The average molecular weight is 162 g/mol. The maximum Gasteiger partial charge on any atom is 0.108 e. The quantitative estimate of drug-likeness (QED) is 0.588. The minimum atomic E-state index is 0.546. The van der Waals surface area contributed by atoms with Crippen LogP contribution in [-0.2, 0) is 9.78 Å².